The van der Waals surface area contributed by atoms with Crippen LogP contribution in [0.15, 0.2) is 22.5 Å². The van der Waals surface area contributed by atoms with Crippen LogP contribution < -0.4 is 10.6 Å². The van der Waals surface area contributed by atoms with Crippen molar-refractivity contribution in [1.82, 2.24) is 25.4 Å². The Morgan fingerprint density at radius 1 is 1.52 bits per heavy atom. The second-order valence-electron chi connectivity index (χ2n) is 6.69. The maximum Gasteiger partial charge on any atom is 0.191 e. The summed E-state index contributed by atoms with van der Waals surface area (Å²) in [6.45, 7) is 8.93. The average molecular weight is 361 g/mol. The van der Waals surface area contributed by atoms with E-state index >= 15 is 0 Å². The van der Waals surface area contributed by atoms with E-state index in [4.69, 9.17) is 4.99 Å². The number of thiophene rings is 1. The standard InChI is InChI=1S/C18H28N6S/c1-4-19-18(20-12-13(2)11-15-7-6-10-25-15)22-16-8-5-9-24-17(16)21-14(3)23-24/h6-7,10,13,16H,4-5,8-9,11-12H2,1-3H3,(H2,19,20,22). The molecule has 0 amide bonds. The number of nitrogens with one attached hydrogen (secondary N) is 2. The van der Waals surface area contributed by atoms with Crippen LogP contribution >= 0.6 is 11.3 Å². The van der Waals surface area contributed by atoms with E-state index in [9.17, 15) is 0 Å². The molecule has 3 heterocycles. The third-order valence-corrected chi connectivity index (χ3v) is 5.23. The second kappa shape index (κ2) is 8.47. The smallest absolute Gasteiger partial charge is 0.191 e. The molecular formula is C18H28N6S. The number of guanidine groups is 1. The molecule has 0 radical (unpaired) electrons. The molecule has 0 saturated carbocycles. The van der Waals surface area contributed by atoms with Gasteiger partial charge in [0.2, 0.25) is 0 Å². The minimum Gasteiger partial charge on any atom is -0.357 e. The van der Waals surface area contributed by atoms with Gasteiger partial charge in [-0.25, -0.2) is 9.67 Å². The maximum absolute atomic E-state index is 4.81. The summed E-state index contributed by atoms with van der Waals surface area (Å²) in [5, 5.41) is 13.5. The van der Waals surface area contributed by atoms with Crippen molar-refractivity contribution >= 4 is 17.3 Å². The van der Waals surface area contributed by atoms with Crippen molar-refractivity contribution in [3.8, 4) is 0 Å². The van der Waals surface area contributed by atoms with E-state index in [1.165, 1.54) is 4.88 Å². The van der Waals surface area contributed by atoms with E-state index in [-0.39, 0.29) is 6.04 Å². The summed E-state index contributed by atoms with van der Waals surface area (Å²) >= 11 is 1.82. The Balaban J connectivity index is 1.62. The lowest BCUT2D eigenvalue weighted by molar-refractivity contribution is 0.397. The third kappa shape index (κ3) is 4.81. The predicted molar refractivity (Wildman–Crippen MR) is 103 cm³/mol. The molecule has 136 valence electrons. The van der Waals surface area contributed by atoms with Crippen molar-refractivity contribution < 1.29 is 0 Å². The summed E-state index contributed by atoms with van der Waals surface area (Å²) in [5.74, 6) is 3.27. The maximum atomic E-state index is 4.81. The Morgan fingerprint density at radius 3 is 3.16 bits per heavy atom. The number of rotatable bonds is 6. The summed E-state index contributed by atoms with van der Waals surface area (Å²) in [4.78, 5) is 10.8. The van der Waals surface area contributed by atoms with Gasteiger partial charge in [-0.15, -0.1) is 11.3 Å². The van der Waals surface area contributed by atoms with Crippen molar-refractivity contribution in [2.24, 2.45) is 10.9 Å². The van der Waals surface area contributed by atoms with Crippen LogP contribution in [0.5, 0.6) is 0 Å². The van der Waals surface area contributed by atoms with Crippen LogP contribution in [-0.4, -0.2) is 33.8 Å². The Morgan fingerprint density at radius 2 is 2.40 bits per heavy atom. The Hall–Kier alpha value is -1.89. The van der Waals surface area contributed by atoms with Gasteiger partial charge in [-0.05, 0) is 50.5 Å². The highest BCUT2D eigenvalue weighted by molar-refractivity contribution is 7.09. The molecule has 0 aromatic carbocycles. The lowest BCUT2D eigenvalue weighted by Crippen LogP contribution is -2.41. The molecule has 25 heavy (non-hydrogen) atoms. The van der Waals surface area contributed by atoms with Gasteiger partial charge in [0.1, 0.15) is 11.6 Å². The van der Waals surface area contributed by atoms with Gasteiger partial charge in [0.15, 0.2) is 5.96 Å². The zero-order valence-corrected chi connectivity index (χ0v) is 16.1. The van der Waals surface area contributed by atoms with Crippen LogP contribution in [-0.2, 0) is 13.0 Å². The van der Waals surface area contributed by atoms with E-state index in [2.05, 4.69) is 52.1 Å². The minimum atomic E-state index is 0.181. The lowest BCUT2D eigenvalue weighted by Gasteiger charge is -2.25. The highest BCUT2D eigenvalue weighted by Gasteiger charge is 2.24. The molecule has 3 rings (SSSR count). The number of aryl methyl sites for hydroxylation is 2. The van der Waals surface area contributed by atoms with Gasteiger partial charge in [-0.2, -0.15) is 5.10 Å². The molecule has 2 aromatic rings. The fraction of sp³-hybridized carbons (Fsp3) is 0.611. The van der Waals surface area contributed by atoms with E-state index in [0.717, 1.165) is 56.5 Å². The Kier molecular flexibility index (Phi) is 6.07. The first kappa shape index (κ1) is 17.9. The first-order valence-electron chi connectivity index (χ1n) is 9.14. The van der Waals surface area contributed by atoms with Crippen LogP contribution in [0.25, 0.3) is 0 Å². The average Bonchev–Trinajstić information content (AvgIpc) is 3.22. The largest absolute Gasteiger partial charge is 0.357 e. The fourth-order valence-corrected chi connectivity index (χ4v) is 4.04. The van der Waals surface area contributed by atoms with Crippen molar-refractivity contribution in [3.05, 3.63) is 34.0 Å². The molecule has 1 aliphatic rings. The normalized spacial score (nSPS) is 18.7. The molecule has 2 unspecified atom stereocenters. The Bertz CT molecular complexity index is 690. The monoisotopic (exact) mass is 360 g/mol. The van der Waals surface area contributed by atoms with Gasteiger partial charge >= 0.3 is 0 Å². The topological polar surface area (TPSA) is 67.1 Å². The van der Waals surface area contributed by atoms with E-state index in [1.807, 2.05) is 22.9 Å². The zero-order chi connectivity index (χ0) is 17.6. The zero-order valence-electron chi connectivity index (χ0n) is 15.3. The molecule has 1 aliphatic heterocycles. The molecule has 0 aliphatic carbocycles. The molecule has 0 bridgehead atoms. The molecule has 6 nitrogen and oxygen atoms in total. The van der Waals surface area contributed by atoms with Crippen LogP contribution in [0.4, 0.5) is 0 Å². The molecule has 7 heteroatoms. The quantitative estimate of drug-likeness (QED) is 0.614. The third-order valence-electron chi connectivity index (χ3n) is 4.33. The van der Waals surface area contributed by atoms with Gasteiger partial charge in [-0.3, -0.25) is 4.99 Å². The first-order valence-corrected chi connectivity index (χ1v) is 10.0. The highest BCUT2D eigenvalue weighted by Crippen LogP contribution is 2.22. The van der Waals surface area contributed by atoms with Crippen molar-refractivity contribution in [2.45, 2.75) is 52.6 Å². The van der Waals surface area contributed by atoms with Gasteiger partial charge in [0, 0.05) is 24.5 Å². The number of hydrogen-bond acceptors (Lipinski definition) is 4. The number of hydrogen-bond donors (Lipinski definition) is 2. The van der Waals surface area contributed by atoms with Gasteiger partial charge in [0.25, 0.3) is 0 Å². The SMILES string of the molecule is CCNC(=NCC(C)Cc1cccs1)NC1CCCn2nc(C)nc21. The molecule has 2 aromatic heterocycles. The van der Waals surface area contributed by atoms with Crippen LogP contribution in [0.2, 0.25) is 0 Å². The number of nitrogens with zero attached hydrogens (tertiary/aromatic N) is 4. The molecule has 0 saturated heterocycles. The first-order chi connectivity index (χ1) is 12.2. The van der Waals surface area contributed by atoms with Crippen LogP contribution in [0.1, 0.15) is 49.3 Å². The van der Waals surface area contributed by atoms with Crippen molar-refractivity contribution in [2.75, 3.05) is 13.1 Å². The fourth-order valence-electron chi connectivity index (χ4n) is 3.17. The summed E-state index contributed by atoms with van der Waals surface area (Å²) in [7, 11) is 0. The molecular weight excluding hydrogens is 332 g/mol. The number of fused-ring (bicyclic) bond motifs is 1. The van der Waals surface area contributed by atoms with E-state index in [0.29, 0.717) is 5.92 Å². The summed E-state index contributed by atoms with van der Waals surface area (Å²) in [6, 6.07) is 4.49. The summed E-state index contributed by atoms with van der Waals surface area (Å²) < 4.78 is 2.03. The highest BCUT2D eigenvalue weighted by atomic mass is 32.1. The number of aromatic nitrogens is 3. The minimum absolute atomic E-state index is 0.181. The molecule has 2 atom stereocenters. The molecule has 2 N–H and O–H groups in total. The van der Waals surface area contributed by atoms with Crippen LogP contribution in [0, 0.1) is 12.8 Å². The predicted octanol–water partition coefficient (Wildman–Crippen LogP) is 2.92. The number of aliphatic imine (C=N–C) groups is 1. The van der Waals surface area contributed by atoms with Crippen molar-refractivity contribution in [3.63, 3.8) is 0 Å². The van der Waals surface area contributed by atoms with Gasteiger partial charge < -0.3 is 10.6 Å². The van der Waals surface area contributed by atoms with Crippen LogP contribution in [0.3, 0.4) is 0 Å². The van der Waals surface area contributed by atoms with Gasteiger partial charge in [0.05, 0.1) is 6.04 Å². The van der Waals surface area contributed by atoms with E-state index in [1.54, 1.807) is 0 Å². The second-order valence-corrected chi connectivity index (χ2v) is 7.72. The lowest BCUT2D eigenvalue weighted by atomic mass is 10.1. The molecule has 0 fully saturated rings. The Labute approximate surface area is 153 Å². The summed E-state index contributed by atoms with van der Waals surface area (Å²) in [6.07, 6.45) is 3.26. The van der Waals surface area contributed by atoms with E-state index < -0.39 is 0 Å². The van der Waals surface area contributed by atoms with Crippen molar-refractivity contribution in [1.29, 1.82) is 0 Å². The molecule has 0 spiro atoms. The summed E-state index contributed by atoms with van der Waals surface area (Å²) in [5.41, 5.74) is 0. The van der Waals surface area contributed by atoms with Gasteiger partial charge in [-0.1, -0.05) is 13.0 Å².